The summed E-state index contributed by atoms with van der Waals surface area (Å²) in [4.78, 5) is 4.08. The van der Waals surface area contributed by atoms with Crippen molar-refractivity contribution in [3.63, 3.8) is 0 Å². The summed E-state index contributed by atoms with van der Waals surface area (Å²) in [7, 11) is 6.62. The van der Waals surface area contributed by atoms with E-state index in [1.807, 2.05) is 7.05 Å². The molecule has 0 amide bonds. The molecule has 0 aliphatic heterocycles. The monoisotopic (exact) mass is 263 g/mol. The average Bonchev–Trinajstić information content (AvgIpc) is 2.77. The van der Waals surface area contributed by atoms with Crippen LogP contribution in [-0.4, -0.2) is 30.9 Å². The Hall–Kier alpha value is -2.37. The van der Waals surface area contributed by atoms with Crippen LogP contribution in [0.4, 0.5) is 5.95 Å². The number of rotatable bonds is 4. The third-order valence-corrected chi connectivity index (χ3v) is 3.00. The number of hydrogen-bond donors (Lipinski definition) is 1. The Morgan fingerprint density at radius 2 is 1.63 bits per heavy atom. The van der Waals surface area contributed by atoms with Crippen molar-refractivity contribution in [1.29, 1.82) is 0 Å². The van der Waals surface area contributed by atoms with Gasteiger partial charge in [-0.2, -0.15) is 0 Å². The number of imidazole rings is 1. The van der Waals surface area contributed by atoms with Gasteiger partial charge in [0, 0.05) is 19.2 Å². The van der Waals surface area contributed by atoms with Gasteiger partial charge in [0.2, 0.25) is 0 Å². The molecule has 0 bridgehead atoms. The maximum atomic E-state index is 5.76. The van der Waals surface area contributed by atoms with E-state index in [1.54, 1.807) is 44.2 Å². The van der Waals surface area contributed by atoms with E-state index in [2.05, 4.69) is 4.98 Å². The van der Waals surface area contributed by atoms with E-state index in [0.29, 0.717) is 23.2 Å². The maximum Gasteiger partial charge on any atom is 0.200 e. The van der Waals surface area contributed by atoms with E-state index in [4.69, 9.17) is 19.9 Å². The van der Waals surface area contributed by atoms with Gasteiger partial charge in [0.1, 0.15) is 17.2 Å². The van der Waals surface area contributed by atoms with Crippen molar-refractivity contribution in [2.24, 2.45) is 7.05 Å². The third kappa shape index (κ3) is 2.16. The van der Waals surface area contributed by atoms with E-state index in [-0.39, 0.29) is 0 Å². The lowest BCUT2D eigenvalue weighted by atomic mass is 10.1. The van der Waals surface area contributed by atoms with Crippen LogP contribution in [0.15, 0.2) is 18.3 Å². The predicted octanol–water partition coefficient (Wildman–Crippen LogP) is 1.70. The van der Waals surface area contributed by atoms with Crippen molar-refractivity contribution in [3.8, 4) is 28.5 Å². The molecule has 2 rings (SSSR count). The Kier molecular flexibility index (Phi) is 3.50. The summed E-state index contributed by atoms with van der Waals surface area (Å²) < 4.78 is 17.8. The fourth-order valence-electron chi connectivity index (χ4n) is 1.91. The van der Waals surface area contributed by atoms with Gasteiger partial charge in [-0.3, -0.25) is 0 Å². The van der Waals surface area contributed by atoms with Crippen LogP contribution in [0.3, 0.4) is 0 Å². The number of anilines is 1. The summed E-state index contributed by atoms with van der Waals surface area (Å²) in [6, 6.07) is 3.59. The molecular formula is C13H17N3O3. The number of hydrogen-bond acceptors (Lipinski definition) is 5. The summed E-state index contributed by atoms with van der Waals surface area (Å²) in [6.45, 7) is 0. The summed E-state index contributed by atoms with van der Waals surface area (Å²) in [5, 5.41) is 0. The molecule has 6 heteroatoms. The van der Waals surface area contributed by atoms with Gasteiger partial charge >= 0.3 is 0 Å². The van der Waals surface area contributed by atoms with Crippen LogP contribution in [0, 0.1) is 0 Å². The van der Waals surface area contributed by atoms with E-state index in [0.717, 1.165) is 11.3 Å². The largest absolute Gasteiger partial charge is 0.496 e. The van der Waals surface area contributed by atoms with E-state index >= 15 is 0 Å². The zero-order valence-electron chi connectivity index (χ0n) is 11.4. The lowest BCUT2D eigenvalue weighted by molar-refractivity contribution is 0.377. The minimum absolute atomic E-state index is 0.426. The van der Waals surface area contributed by atoms with Crippen molar-refractivity contribution in [1.82, 2.24) is 9.55 Å². The van der Waals surface area contributed by atoms with Gasteiger partial charge in [0.05, 0.1) is 38.8 Å². The Labute approximate surface area is 111 Å². The first kappa shape index (κ1) is 13.1. The standard InChI is InChI=1S/C13H17N3O3/c1-16-9(7-15-13(16)14)12-10(18-3)5-8(17-2)6-11(12)19-4/h5-7H,1-4H3,(H2,14,15). The number of aromatic nitrogens is 2. The van der Waals surface area contributed by atoms with Gasteiger partial charge in [0.25, 0.3) is 0 Å². The molecule has 1 heterocycles. The molecule has 0 radical (unpaired) electrons. The van der Waals surface area contributed by atoms with Crippen LogP contribution < -0.4 is 19.9 Å². The highest BCUT2D eigenvalue weighted by atomic mass is 16.5. The molecular weight excluding hydrogens is 246 g/mol. The molecule has 0 unspecified atom stereocenters. The molecule has 0 saturated heterocycles. The van der Waals surface area contributed by atoms with Crippen molar-refractivity contribution in [2.75, 3.05) is 27.1 Å². The second-order valence-corrected chi connectivity index (χ2v) is 3.97. The van der Waals surface area contributed by atoms with Crippen molar-refractivity contribution >= 4 is 5.95 Å². The van der Waals surface area contributed by atoms with Gasteiger partial charge in [-0.15, -0.1) is 0 Å². The highest BCUT2D eigenvalue weighted by Crippen LogP contribution is 2.41. The van der Waals surface area contributed by atoms with Crippen molar-refractivity contribution in [3.05, 3.63) is 18.3 Å². The van der Waals surface area contributed by atoms with Crippen LogP contribution in [0.2, 0.25) is 0 Å². The third-order valence-electron chi connectivity index (χ3n) is 3.00. The molecule has 0 saturated carbocycles. The van der Waals surface area contributed by atoms with Gasteiger partial charge in [0.15, 0.2) is 5.95 Å². The Morgan fingerprint density at radius 1 is 1.05 bits per heavy atom. The number of methoxy groups -OCH3 is 3. The highest BCUT2D eigenvalue weighted by molar-refractivity contribution is 5.76. The molecule has 6 nitrogen and oxygen atoms in total. The zero-order valence-corrected chi connectivity index (χ0v) is 11.4. The molecule has 1 aromatic carbocycles. The summed E-state index contributed by atoms with van der Waals surface area (Å²) in [5.74, 6) is 2.36. The van der Waals surface area contributed by atoms with Gasteiger partial charge in [-0.1, -0.05) is 0 Å². The lowest BCUT2D eigenvalue weighted by Crippen LogP contribution is -2.01. The number of nitrogen functional groups attached to an aromatic ring is 1. The van der Waals surface area contributed by atoms with Crippen LogP contribution in [0.5, 0.6) is 17.2 Å². The van der Waals surface area contributed by atoms with Crippen LogP contribution in [0.25, 0.3) is 11.3 Å². The predicted molar refractivity (Wildman–Crippen MR) is 72.7 cm³/mol. The second-order valence-electron chi connectivity index (χ2n) is 3.97. The molecule has 0 aliphatic carbocycles. The Morgan fingerprint density at radius 3 is 2.00 bits per heavy atom. The fourth-order valence-corrected chi connectivity index (χ4v) is 1.91. The van der Waals surface area contributed by atoms with Gasteiger partial charge < -0.3 is 24.5 Å². The topological polar surface area (TPSA) is 71.5 Å². The van der Waals surface area contributed by atoms with Gasteiger partial charge in [-0.05, 0) is 0 Å². The van der Waals surface area contributed by atoms with Crippen LogP contribution in [-0.2, 0) is 7.05 Å². The molecule has 0 atom stereocenters. The van der Waals surface area contributed by atoms with Crippen molar-refractivity contribution < 1.29 is 14.2 Å². The van der Waals surface area contributed by atoms with Crippen LogP contribution in [0.1, 0.15) is 0 Å². The smallest absolute Gasteiger partial charge is 0.200 e. The molecule has 0 aliphatic rings. The number of ether oxygens (including phenoxy) is 3. The zero-order chi connectivity index (χ0) is 14.0. The van der Waals surface area contributed by atoms with E-state index in [1.165, 1.54) is 0 Å². The summed E-state index contributed by atoms with van der Waals surface area (Å²) >= 11 is 0. The van der Waals surface area contributed by atoms with Crippen LogP contribution >= 0.6 is 0 Å². The quantitative estimate of drug-likeness (QED) is 0.909. The number of benzene rings is 1. The number of nitrogens with zero attached hydrogens (tertiary/aromatic N) is 2. The summed E-state index contributed by atoms with van der Waals surface area (Å²) in [5.41, 5.74) is 7.37. The minimum atomic E-state index is 0.426. The second kappa shape index (κ2) is 5.09. The fraction of sp³-hybridized carbons (Fsp3) is 0.308. The summed E-state index contributed by atoms with van der Waals surface area (Å²) in [6.07, 6.45) is 1.68. The highest BCUT2D eigenvalue weighted by Gasteiger charge is 2.18. The first-order valence-corrected chi connectivity index (χ1v) is 5.70. The molecule has 0 fully saturated rings. The normalized spacial score (nSPS) is 10.3. The molecule has 2 aromatic rings. The lowest BCUT2D eigenvalue weighted by Gasteiger charge is -2.15. The number of nitrogens with two attached hydrogens (primary N) is 1. The molecule has 0 spiro atoms. The molecule has 2 N–H and O–H groups in total. The maximum absolute atomic E-state index is 5.76. The van der Waals surface area contributed by atoms with Gasteiger partial charge in [-0.25, -0.2) is 4.98 Å². The molecule has 19 heavy (non-hydrogen) atoms. The average molecular weight is 263 g/mol. The first-order chi connectivity index (χ1) is 9.12. The Balaban J connectivity index is 2.70. The first-order valence-electron chi connectivity index (χ1n) is 5.70. The molecule has 1 aromatic heterocycles. The van der Waals surface area contributed by atoms with E-state index in [9.17, 15) is 0 Å². The van der Waals surface area contributed by atoms with E-state index < -0.39 is 0 Å². The molecule has 102 valence electrons. The minimum Gasteiger partial charge on any atom is -0.496 e. The SMILES string of the molecule is COc1cc(OC)c(-c2cnc(N)n2C)c(OC)c1. The van der Waals surface area contributed by atoms with Crippen molar-refractivity contribution in [2.45, 2.75) is 0 Å². The Bertz CT molecular complexity index is 568.